The minimum atomic E-state index is 0.455. The maximum absolute atomic E-state index is 5.86. The molecule has 30 heavy (non-hydrogen) atoms. The molecule has 1 unspecified atom stereocenters. The van der Waals surface area contributed by atoms with Crippen LogP contribution < -0.4 is 4.74 Å². The number of aryl methyl sites for hydroxylation is 1. The SMILES string of the molecule is COc1cccc(-c2noc(CSc3nnc(-c4cc5c(s4)CCC(C)C5)o3)n2)c1. The van der Waals surface area contributed by atoms with Crippen LogP contribution in [-0.4, -0.2) is 27.4 Å². The Bertz CT molecular complexity index is 1170. The molecular formula is C21H20N4O3S2. The second-order valence-corrected chi connectivity index (χ2v) is 9.38. The molecule has 1 aliphatic carbocycles. The number of thioether (sulfide) groups is 1. The van der Waals surface area contributed by atoms with E-state index in [9.17, 15) is 0 Å². The van der Waals surface area contributed by atoms with E-state index in [1.54, 1.807) is 18.4 Å². The minimum Gasteiger partial charge on any atom is -0.497 e. The third kappa shape index (κ3) is 3.99. The summed E-state index contributed by atoms with van der Waals surface area (Å²) < 4.78 is 16.5. The van der Waals surface area contributed by atoms with Crippen molar-refractivity contribution in [2.24, 2.45) is 5.92 Å². The van der Waals surface area contributed by atoms with E-state index in [0.29, 0.717) is 28.6 Å². The van der Waals surface area contributed by atoms with E-state index < -0.39 is 0 Å². The van der Waals surface area contributed by atoms with Crippen LogP contribution in [0.4, 0.5) is 0 Å². The molecule has 0 amide bonds. The molecule has 0 aliphatic heterocycles. The van der Waals surface area contributed by atoms with Gasteiger partial charge in [-0.25, -0.2) is 0 Å². The Hall–Kier alpha value is -2.65. The molecule has 0 spiro atoms. The third-order valence-corrected chi connectivity index (χ3v) is 7.09. The summed E-state index contributed by atoms with van der Waals surface area (Å²) in [4.78, 5) is 6.94. The lowest BCUT2D eigenvalue weighted by molar-refractivity contribution is 0.390. The summed E-state index contributed by atoms with van der Waals surface area (Å²) >= 11 is 3.15. The quantitative estimate of drug-likeness (QED) is 0.375. The monoisotopic (exact) mass is 440 g/mol. The lowest BCUT2D eigenvalue weighted by Gasteiger charge is -2.16. The van der Waals surface area contributed by atoms with Crippen LogP contribution >= 0.6 is 23.1 Å². The van der Waals surface area contributed by atoms with Gasteiger partial charge in [-0.3, -0.25) is 0 Å². The van der Waals surface area contributed by atoms with E-state index in [2.05, 4.69) is 33.3 Å². The molecule has 0 bridgehead atoms. The summed E-state index contributed by atoms with van der Waals surface area (Å²) in [6.45, 7) is 2.30. The van der Waals surface area contributed by atoms with Crippen LogP contribution in [0.1, 0.15) is 29.7 Å². The van der Waals surface area contributed by atoms with Crippen molar-refractivity contribution in [3.63, 3.8) is 0 Å². The zero-order valence-electron chi connectivity index (χ0n) is 16.6. The van der Waals surface area contributed by atoms with Gasteiger partial charge in [-0.1, -0.05) is 36.0 Å². The molecule has 3 heterocycles. The van der Waals surface area contributed by atoms with Crippen molar-refractivity contribution in [3.05, 3.63) is 46.7 Å². The van der Waals surface area contributed by atoms with Gasteiger partial charge in [0.25, 0.3) is 11.1 Å². The van der Waals surface area contributed by atoms with Crippen molar-refractivity contribution in [3.8, 4) is 27.9 Å². The first-order chi connectivity index (χ1) is 14.7. The molecule has 7 nitrogen and oxygen atoms in total. The number of thiophene rings is 1. The first-order valence-corrected chi connectivity index (χ1v) is 11.5. The Morgan fingerprint density at radius 1 is 1.27 bits per heavy atom. The normalized spacial score (nSPS) is 15.9. The highest BCUT2D eigenvalue weighted by Gasteiger charge is 2.21. The number of hydrogen-bond donors (Lipinski definition) is 0. The molecule has 9 heteroatoms. The van der Waals surface area contributed by atoms with Crippen molar-refractivity contribution in [2.75, 3.05) is 7.11 Å². The molecular weight excluding hydrogens is 420 g/mol. The molecule has 1 aliphatic rings. The second-order valence-electron chi connectivity index (χ2n) is 7.31. The summed E-state index contributed by atoms with van der Waals surface area (Å²) in [5.74, 6) is 3.54. The average Bonchev–Trinajstić information content (AvgIpc) is 3.50. The molecule has 1 aromatic carbocycles. The fourth-order valence-electron chi connectivity index (χ4n) is 3.50. The third-order valence-electron chi connectivity index (χ3n) is 5.06. The largest absolute Gasteiger partial charge is 0.497 e. The van der Waals surface area contributed by atoms with Crippen LogP contribution in [0.2, 0.25) is 0 Å². The Balaban J connectivity index is 1.25. The zero-order chi connectivity index (χ0) is 20.5. The number of ether oxygens (including phenoxy) is 1. The average molecular weight is 441 g/mol. The van der Waals surface area contributed by atoms with Crippen LogP contribution in [0.15, 0.2) is 44.5 Å². The van der Waals surface area contributed by atoms with E-state index in [0.717, 1.165) is 34.9 Å². The van der Waals surface area contributed by atoms with Crippen LogP contribution in [0.25, 0.3) is 22.2 Å². The molecule has 0 N–H and O–H groups in total. The standard InChI is InChI=1S/C21H20N4O3S2/c1-12-6-7-16-14(8-12)10-17(30-16)20-23-24-21(27-20)29-11-18-22-19(25-28-18)13-4-3-5-15(9-13)26-2/h3-5,9-10,12H,6-8,11H2,1-2H3. The minimum absolute atomic E-state index is 0.455. The van der Waals surface area contributed by atoms with Gasteiger partial charge >= 0.3 is 0 Å². The number of benzene rings is 1. The van der Waals surface area contributed by atoms with Gasteiger partial charge in [-0.05, 0) is 48.9 Å². The van der Waals surface area contributed by atoms with E-state index in [4.69, 9.17) is 13.7 Å². The highest BCUT2D eigenvalue weighted by Crippen LogP contribution is 2.37. The highest BCUT2D eigenvalue weighted by atomic mass is 32.2. The smallest absolute Gasteiger partial charge is 0.277 e. The maximum Gasteiger partial charge on any atom is 0.277 e. The number of hydrogen-bond acceptors (Lipinski definition) is 9. The molecule has 3 aromatic heterocycles. The molecule has 5 rings (SSSR count). The van der Waals surface area contributed by atoms with Crippen molar-refractivity contribution >= 4 is 23.1 Å². The number of methoxy groups -OCH3 is 1. The van der Waals surface area contributed by atoms with Gasteiger partial charge < -0.3 is 13.7 Å². The predicted octanol–water partition coefficient (Wildman–Crippen LogP) is 5.27. The zero-order valence-corrected chi connectivity index (χ0v) is 18.3. The fraction of sp³-hybridized carbons (Fsp3) is 0.333. The van der Waals surface area contributed by atoms with Gasteiger partial charge in [0.1, 0.15) is 5.75 Å². The summed E-state index contributed by atoms with van der Waals surface area (Å²) in [6.07, 6.45) is 3.53. The van der Waals surface area contributed by atoms with Gasteiger partial charge in [-0.15, -0.1) is 21.5 Å². The van der Waals surface area contributed by atoms with Crippen LogP contribution in [0.5, 0.6) is 5.75 Å². The van der Waals surface area contributed by atoms with Gasteiger partial charge in [0, 0.05) is 10.4 Å². The van der Waals surface area contributed by atoms with E-state index in [1.165, 1.54) is 28.6 Å². The predicted molar refractivity (Wildman–Crippen MR) is 115 cm³/mol. The Labute approximate surface area is 181 Å². The summed E-state index contributed by atoms with van der Waals surface area (Å²) in [5, 5.41) is 12.9. The van der Waals surface area contributed by atoms with Crippen molar-refractivity contribution in [1.29, 1.82) is 0 Å². The topological polar surface area (TPSA) is 87.1 Å². The summed E-state index contributed by atoms with van der Waals surface area (Å²) in [7, 11) is 1.63. The maximum atomic E-state index is 5.86. The van der Waals surface area contributed by atoms with E-state index >= 15 is 0 Å². The van der Waals surface area contributed by atoms with Gasteiger partial charge in [-0.2, -0.15) is 4.98 Å². The fourth-order valence-corrected chi connectivity index (χ4v) is 5.23. The first kappa shape index (κ1) is 19.3. The molecule has 0 fully saturated rings. The number of aromatic nitrogens is 4. The van der Waals surface area contributed by atoms with Gasteiger partial charge in [0.2, 0.25) is 11.7 Å². The van der Waals surface area contributed by atoms with Crippen molar-refractivity contribution < 1.29 is 13.7 Å². The van der Waals surface area contributed by atoms with E-state index in [1.807, 2.05) is 24.3 Å². The van der Waals surface area contributed by atoms with E-state index in [-0.39, 0.29) is 0 Å². The number of nitrogens with zero attached hydrogens (tertiary/aromatic N) is 4. The highest BCUT2D eigenvalue weighted by molar-refractivity contribution is 7.98. The van der Waals surface area contributed by atoms with Gasteiger partial charge in [0.15, 0.2) is 0 Å². The lowest BCUT2D eigenvalue weighted by atomic mass is 9.90. The second kappa shape index (κ2) is 8.23. The number of fused-ring (bicyclic) bond motifs is 1. The van der Waals surface area contributed by atoms with Crippen molar-refractivity contribution in [2.45, 2.75) is 37.2 Å². The molecule has 1 atom stereocenters. The van der Waals surface area contributed by atoms with Crippen LogP contribution in [0.3, 0.4) is 0 Å². The summed E-state index contributed by atoms with van der Waals surface area (Å²) in [6, 6.07) is 9.75. The number of rotatable bonds is 6. The Morgan fingerprint density at radius 3 is 3.10 bits per heavy atom. The summed E-state index contributed by atoms with van der Waals surface area (Å²) in [5.41, 5.74) is 2.27. The Morgan fingerprint density at radius 2 is 2.20 bits per heavy atom. The van der Waals surface area contributed by atoms with Crippen LogP contribution in [-0.2, 0) is 18.6 Å². The Kier molecular flexibility index (Phi) is 5.30. The van der Waals surface area contributed by atoms with Crippen LogP contribution in [0, 0.1) is 5.92 Å². The van der Waals surface area contributed by atoms with Gasteiger partial charge in [0.05, 0.1) is 17.7 Å². The van der Waals surface area contributed by atoms with Crippen molar-refractivity contribution in [1.82, 2.24) is 20.3 Å². The first-order valence-electron chi connectivity index (χ1n) is 9.73. The molecule has 154 valence electrons. The molecule has 0 saturated heterocycles. The molecule has 0 saturated carbocycles. The lowest BCUT2D eigenvalue weighted by Crippen LogP contribution is -2.07. The molecule has 4 aromatic rings. The molecule has 0 radical (unpaired) electrons.